The van der Waals surface area contributed by atoms with Crippen LogP contribution in [0.4, 0.5) is 0 Å². The van der Waals surface area contributed by atoms with E-state index in [-0.39, 0.29) is 11.8 Å². The van der Waals surface area contributed by atoms with Crippen LogP contribution in [0.15, 0.2) is 24.3 Å². The molecule has 0 aromatic heterocycles. The first kappa shape index (κ1) is 14.5. The second kappa shape index (κ2) is 6.38. The van der Waals surface area contributed by atoms with Crippen LogP contribution in [0.25, 0.3) is 0 Å². The smallest absolute Gasteiger partial charge is 0.212 e. The molecule has 0 amide bonds. The van der Waals surface area contributed by atoms with E-state index in [1.54, 1.807) is 24.3 Å². The first-order valence-corrected chi connectivity index (χ1v) is 7.71. The monoisotopic (exact) mass is 275 g/mol. The number of rotatable bonds is 6. The maximum absolute atomic E-state index is 11.9. The van der Waals surface area contributed by atoms with Crippen LogP contribution in [-0.4, -0.2) is 14.5 Å². The van der Waals surface area contributed by atoms with Gasteiger partial charge in [-0.25, -0.2) is 13.1 Å². The van der Waals surface area contributed by atoms with Crippen molar-refractivity contribution in [2.24, 2.45) is 0 Å². The van der Waals surface area contributed by atoms with E-state index in [1.165, 1.54) is 0 Å². The molecule has 96 valence electrons. The Bertz CT molecular complexity index is 459. The lowest BCUT2D eigenvalue weighted by molar-refractivity contribution is 0.543. The Labute approximate surface area is 108 Å². The van der Waals surface area contributed by atoms with Gasteiger partial charge in [0.25, 0.3) is 0 Å². The third-order valence-corrected chi connectivity index (χ3v) is 4.23. The highest BCUT2D eigenvalue weighted by Gasteiger charge is 2.16. The second-order valence-electron chi connectivity index (χ2n) is 4.16. The zero-order chi connectivity index (χ0) is 12.9. The van der Waals surface area contributed by atoms with E-state index in [0.29, 0.717) is 10.6 Å². The number of nitrogens with one attached hydrogen (secondary N) is 1. The minimum absolute atomic E-state index is 0.0347. The lowest BCUT2D eigenvalue weighted by Crippen LogP contribution is -2.33. The number of benzene rings is 1. The van der Waals surface area contributed by atoms with E-state index in [4.69, 9.17) is 11.6 Å². The number of sulfonamides is 1. The molecule has 1 unspecified atom stereocenters. The number of hydrogen-bond acceptors (Lipinski definition) is 2. The van der Waals surface area contributed by atoms with E-state index in [1.807, 2.05) is 13.8 Å². The predicted molar refractivity (Wildman–Crippen MR) is 71.6 cm³/mol. The summed E-state index contributed by atoms with van der Waals surface area (Å²) in [5.74, 6) is -0.0687. The fourth-order valence-corrected chi connectivity index (χ4v) is 3.42. The van der Waals surface area contributed by atoms with Crippen LogP contribution in [0.1, 0.15) is 32.3 Å². The predicted octanol–water partition coefficient (Wildman–Crippen LogP) is 2.95. The maximum atomic E-state index is 11.9. The molecule has 1 atom stereocenters. The molecule has 3 nitrogen and oxygen atoms in total. The summed E-state index contributed by atoms with van der Waals surface area (Å²) < 4.78 is 26.4. The average Bonchev–Trinajstić information content (AvgIpc) is 2.20. The summed E-state index contributed by atoms with van der Waals surface area (Å²) in [5.41, 5.74) is 0.630. The van der Waals surface area contributed by atoms with E-state index in [9.17, 15) is 8.42 Å². The van der Waals surface area contributed by atoms with Gasteiger partial charge in [0.1, 0.15) is 0 Å². The summed E-state index contributed by atoms with van der Waals surface area (Å²) >= 11 is 5.94. The molecule has 17 heavy (non-hydrogen) atoms. The van der Waals surface area contributed by atoms with Crippen LogP contribution in [0.5, 0.6) is 0 Å². The van der Waals surface area contributed by atoms with E-state index >= 15 is 0 Å². The molecule has 0 radical (unpaired) electrons. The molecule has 1 aromatic carbocycles. The Morgan fingerprint density at radius 2 is 2.00 bits per heavy atom. The van der Waals surface area contributed by atoms with Crippen LogP contribution < -0.4 is 4.72 Å². The summed E-state index contributed by atoms with van der Waals surface area (Å²) in [7, 11) is -3.31. The molecular formula is C12H18ClNO2S. The minimum atomic E-state index is -3.31. The summed E-state index contributed by atoms with van der Waals surface area (Å²) in [6.45, 7) is 3.90. The SMILES string of the molecule is CCCC(C)NS(=O)(=O)Cc1ccccc1Cl. The zero-order valence-electron chi connectivity index (χ0n) is 10.1. The molecule has 0 heterocycles. The van der Waals surface area contributed by atoms with Crippen LogP contribution in [0.3, 0.4) is 0 Å². The molecule has 0 aliphatic heterocycles. The van der Waals surface area contributed by atoms with Gasteiger partial charge in [-0.3, -0.25) is 0 Å². The molecule has 1 rings (SSSR count). The van der Waals surface area contributed by atoms with Crippen molar-refractivity contribution in [2.75, 3.05) is 0 Å². The van der Waals surface area contributed by atoms with Gasteiger partial charge in [-0.1, -0.05) is 43.1 Å². The lowest BCUT2D eigenvalue weighted by Gasteiger charge is -2.13. The van der Waals surface area contributed by atoms with E-state index in [2.05, 4.69) is 4.72 Å². The van der Waals surface area contributed by atoms with Gasteiger partial charge in [-0.05, 0) is 25.0 Å². The van der Waals surface area contributed by atoms with Crippen molar-refractivity contribution in [3.63, 3.8) is 0 Å². The standard InChI is InChI=1S/C12H18ClNO2S/c1-3-6-10(2)14-17(15,16)9-11-7-4-5-8-12(11)13/h4-5,7-8,10,14H,3,6,9H2,1-2H3. The average molecular weight is 276 g/mol. The molecule has 0 saturated heterocycles. The third kappa shape index (κ3) is 5.06. The summed E-state index contributed by atoms with van der Waals surface area (Å²) in [6, 6.07) is 6.96. The molecule has 0 aliphatic carbocycles. The Morgan fingerprint density at radius 1 is 1.35 bits per heavy atom. The molecular weight excluding hydrogens is 258 g/mol. The summed E-state index contributed by atoms with van der Waals surface area (Å²) in [5, 5.41) is 0.487. The molecule has 0 aliphatic rings. The second-order valence-corrected chi connectivity index (χ2v) is 6.32. The first-order chi connectivity index (χ1) is 7.94. The van der Waals surface area contributed by atoms with Crippen LogP contribution in [0, 0.1) is 0 Å². The normalized spacial score (nSPS) is 13.6. The quantitative estimate of drug-likeness (QED) is 0.868. The fraction of sp³-hybridized carbons (Fsp3) is 0.500. The van der Waals surface area contributed by atoms with Gasteiger partial charge >= 0.3 is 0 Å². The Morgan fingerprint density at radius 3 is 2.59 bits per heavy atom. The summed E-state index contributed by atoms with van der Waals surface area (Å²) in [6.07, 6.45) is 1.79. The molecule has 5 heteroatoms. The fourth-order valence-electron chi connectivity index (χ4n) is 1.66. The number of halogens is 1. The minimum Gasteiger partial charge on any atom is -0.212 e. The van der Waals surface area contributed by atoms with Crippen molar-refractivity contribution in [1.82, 2.24) is 4.72 Å². The molecule has 0 spiro atoms. The van der Waals surface area contributed by atoms with Crippen LogP contribution in [-0.2, 0) is 15.8 Å². The Balaban J connectivity index is 2.70. The molecule has 1 aromatic rings. The molecule has 1 N–H and O–H groups in total. The van der Waals surface area contributed by atoms with Gasteiger partial charge < -0.3 is 0 Å². The molecule has 0 bridgehead atoms. The van der Waals surface area contributed by atoms with Gasteiger partial charge in [-0.2, -0.15) is 0 Å². The van der Waals surface area contributed by atoms with Crippen molar-refractivity contribution in [3.05, 3.63) is 34.9 Å². The van der Waals surface area contributed by atoms with Gasteiger partial charge in [0.15, 0.2) is 0 Å². The highest BCUT2D eigenvalue weighted by molar-refractivity contribution is 7.88. The topological polar surface area (TPSA) is 46.2 Å². The van der Waals surface area contributed by atoms with Crippen LogP contribution >= 0.6 is 11.6 Å². The van der Waals surface area contributed by atoms with Crippen molar-refractivity contribution >= 4 is 21.6 Å². The lowest BCUT2D eigenvalue weighted by atomic mass is 10.2. The Hall–Kier alpha value is -0.580. The van der Waals surface area contributed by atoms with Gasteiger partial charge in [0.05, 0.1) is 5.75 Å². The van der Waals surface area contributed by atoms with Crippen molar-refractivity contribution < 1.29 is 8.42 Å². The Kier molecular flexibility index (Phi) is 5.43. The van der Waals surface area contributed by atoms with Crippen molar-refractivity contribution in [3.8, 4) is 0 Å². The molecule has 0 fully saturated rings. The van der Waals surface area contributed by atoms with Gasteiger partial charge in [0, 0.05) is 11.1 Å². The van der Waals surface area contributed by atoms with Crippen molar-refractivity contribution in [2.45, 2.75) is 38.5 Å². The summed E-state index contributed by atoms with van der Waals surface area (Å²) in [4.78, 5) is 0. The van der Waals surface area contributed by atoms with E-state index < -0.39 is 10.0 Å². The third-order valence-electron chi connectivity index (χ3n) is 2.41. The first-order valence-electron chi connectivity index (χ1n) is 5.68. The highest BCUT2D eigenvalue weighted by Crippen LogP contribution is 2.17. The highest BCUT2D eigenvalue weighted by atomic mass is 35.5. The zero-order valence-corrected chi connectivity index (χ0v) is 11.7. The number of hydrogen-bond donors (Lipinski definition) is 1. The van der Waals surface area contributed by atoms with Gasteiger partial charge in [-0.15, -0.1) is 0 Å². The van der Waals surface area contributed by atoms with Gasteiger partial charge in [0.2, 0.25) is 10.0 Å². The van der Waals surface area contributed by atoms with E-state index in [0.717, 1.165) is 12.8 Å². The van der Waals surface area contributed by atoms with Crippen LogP contribution in [0.2, 0.25) is 5.02 Å². The van der Waals surface area contributed by atoms with Crippen molar-refractivity contribution in [1.29, 1.82) is 0 Å². The largest absolute Gasteiger partial charge is 0.216 e. The maximum Gasteiger partial charge on any atom is 0.216 e. The molecule has 0 saturated carbocycles.